The van der Waals surface area contributed by atoms with Crippen LogP contribution in [0.25, 0.3) is 16.7 Å². The maximum Gasteiger partial charge on any atom is 0.178 e. The molecule has 84 valence electrons. The summed E-state index contributed by atoms with van der Waals surface area (Å²) in [6.07, 6.45) is 0.453. The van der Waals surface area contributed by atoms with E-state index in [4.69, 9.17) is 0 Å². The summed E-state index contributed by atoms with van der Waals surface area (Å²) in [5.74, 6) is -0.667. The average molecular weight is 230 g/mol. The largest absolute Gasteiger partial charge is 0.298 e. The number of fused-ring (bicyclic) bond motifs is 3. The maximum absolute atomic E-state index is 13.8. The summed E-state index contributed by atoms with van der Waals surface area (Å²) in [4.78, 5) is 10.6. The molecule has 3 rings (SSSR count). The van der Waals surface area contributed by atoms with Gasteiger partial charge in [-0.05, 0) is 19.1 Å². The second kappa shape index (κ2) is 3.31. The third kappa shape index (κ3) is 1.30. The molecule has 0 aliphatic heterocycles. The van der Waals surface area contributed by atoms with Gasteiger partial charge in [0, 0.05) is 6.07 Å². The van der Waals surface area contributed by atoms with Crippen molar-refractivity contribution in [3.63, 3.8) is 0 Å². The van der Waals surface area contributed by atoms with Crippen LogP contribution in [0, 0.1) is 12.7 Å². The summed E-state index contributed by atoms with van der Waals surface area (Å²) < 4.78 is 15.3. The number of hydrogen-bond donors (Lipinski definition) is 0. The molecule has 0 atom stereocenters. The quantitative estimate of drug-likeness (QED) is 0.595. The van der Waals surface area contributed by atoms with Gasteiger partial charge in [-0.3, -0.25) is 4.79 Å². The van der Waals surface area contributed by atoms with E-state index in [1.807, 2.05) is 6.92 Å². The second-order valence-electron chi connectivity index (χ2n) is 3.71. The Kier molecular flexibility index (Phi) is 1.91. The minimum atomic E-state index is -0.667. The molecule has 0 fully saturated rings. The minimum absolute atomic E-state index is 0.0324. The van der Waals surface area contributed by atoms with Crippen molar-refractivity contribution >= 4 is 23.0 Å². The van der Waals surface area contributed by atoms with Gasteiger partial charge in [-0.15, -0.1) is 10.2 Å². The highest BCUT2D eigenvalue weighted by molar-refractivity contribution is 5.86. The van der Waals surface area contributed by atoms with Gasteiger partial charge in [-0.2, -0.15) is 5.10 Å². The molecule has 0 N–H and O–H groups in total. The first-order valence-corrected chi connectivity index (χ1v) is 4.97. The number of aromatic nitrogens is 4. The molecular weight excluding hydrogens is 223 g/mol. The van der Waals surface area contributed by atoms with E-state index < -0.39 is 5.82 Å². The number of carbonyl (C=O) groups is 1. The van der Waals surface area contributed by atoms with Crippen LogP contribution < -0.4 is 0 Å². The molecule has 0 bridgehead atoms. The molecule has 0 radical (unpaired) electrons. The number of nitrogens with zero attached hydrogens (tertiary/aromatic N) is 4. The van der Waals surface area contributed by atoms with Crippen molar-refractivity contribution in [3.05, 3.63) is 35.3 Å². The van der Waals surface area contributed by atoms with Crippen LogP contribution in [0.3, 0.4) is 0 Å². The van der Waals surface area contributed by atoms with Crippen molar-refractivity contribution in [2.24, 2.45) is 0 Å². The Labute approximate surface area is 94.9 Å². The average Bonchev–Trinajstić information content (AvgIpc) is 2.70. The predicted molar refractivity (Wildman–Crippen MR) is 58.4 cm³/mol. The van der Waals surface area contributed by atoms with Crippen molar-refractivity contribution < 1.29 is 9.18 Å². The highest BCUT2D eigenvalue weighted by Crippen LogP contribution is 2.18. The van der Waals surface area contributed by atoms with Gasteiger partial charge in [0.05, 0.1) is 16.8 Å². The monoisotopic (exact) mass is 230 g/mol. The molecule has 1 aromatic carbocycles. The topological polar surface area (TPSA) is 60.2 Å². The number of benzene rings is 1. The van der Waals surface area contributed by atoms with E-state index in [-0.39, 0.29) is 11.1 Å². The molecule has 0 unspecified atom stereocenters. The Balaban J connectivity index is 2.52. The smallest absolute Gasteiger partial charge is 0.178 e. The molecule has 0 saturated heterocycles. The van der Waals surface area contributed by atoms with Crippen LogP contribution >= 0.6 is 0 Å². The third-order valence-electron chi connectivity index (χ3n) is 2.55. The number of aryl methyl sites for hydroxylation is 1. The van der Waals surface area contributed by atoms with Gasteiger partial charge < -0.3 is 0 Å². The number of aldehydes is 1. The van der Waals surface area contributed by atoms with Crippen molar-refractivity contribution in [1.82, 2.24) is 19.8 Å². The molecule has 0 amide bonds. The summed E-state index contributed by atoms with van der Waals surface area (Å²) >= 11 is 0. The number of halogens is 1. The normalized spacial score (nSPS) is 11.2. The minimum Gasteiger partial charge on any atom is -0.298 e. The molecule has 6 heteroatoms. The Morgan fingerprint density at radius 3 is 2.94 bits per heavy atom. The Morgan fingerprint density at radius 1 is 1.35 bits per heavy atom. The van der Waals surface area contributed by atoms with E-state index in [0.717, 1.165) is 5.69 Å². The van der Waals surface area contributed by atoms with Gasteiger partial charge in [0.15, 0.2) is 17.8 Å². The fourth-order valence-electron chi connectivity index (χ4n) is 1.76. The summed E-state index contributed by atoms with van der Waals surface area (Å²) in [6, 6.07) is 4.76. The molecule has 3 aromatic rings. The van der Waals surface area contributed by atoms with Crippen LogP contribution in [0.4, 0.5) is 4.39 Å². The fourth-order valence-corrected chi connectivity index (χ4v) is 1.76. The Hall–Kier alpha value is -2.37. The lowest BCUT2D eigenvalue weighted by atomic mass is 10.2. The summed E-state index contributed by atoms with van der Waals surface area (Å²) in [5, 5.41) is 11.8. The molecule has 0 aliphatic rings. The summed E-state index contributed by atoms with van der Waals surface area (Å²) in [7, 11) is 0. The van der Waals surface area contributed by atoms with E-state index in [1.165, 1.54) is 10.6 Å². The zero-order valence-electron chi connectivity index (χ0n) is 8.88. The molecular formula is C11H7FN4O. The van der Waals surface area contributed by atoms with Gasteiger partial charge in [-0.25, -0.2) is 8.91 Å². The highest BCUT2D eigenvalue weighted by atomic mass is 19.1. The van der Waals surface area contributed by atoms with Crippen LogP contribution in [-0.2, 0) is 0 Å². The standard InChI is InChI=1S/C11H7FN4O/c1-6-4-9-13-14-11-8(16(9)15-6)3-2-7(5-17)10(11)12/h2-5H,1H3. The van der Waals surface area contributed by atoms with Crippen molar-refractivity contribution in [3.8, 4) is 0 Å². The van der Waals surface area contributed by atoms with Gasteiger partial charge in [0.25, 0.3) is 0 Å². The zero-order valence-corrected chi connectivity index (χ0v) is 8.88. The number of rotatable bonds is 1. The lowest BCUT2D eigenvalue weighted by Gasteiger charge is -2.01. The molecule has 17 heavy (non-hydrogen) atoms. The summed E-state index contributed by atoms with van der Waals surface area (Å²) in [5.41, 5.74) is 1.83. The molecule has 0 saturated carbocycles. The summed E-state index contributed by atoms with van der Waals surface area (Å²) in [6.45, 7) is 1.82. The van der Waals surface area contributed by atoms with Crippen LogP contribution in [0.5, 0.6) is 0 Å². The van der Waals surface area contributed by atoms with Crippen molar-refractivity contribution in [1.29, 1.82) is 0 Å². The van der Waals surface area contributed by atoms with Gasteiger partial charge in [-0.1, -0.05) is 0 Å². The van der Waals surface area contributed by atoms with E-state index in [0.29, 0.717) is 17.5 Å². The third-order valence-corrected chi connectivity index (χ3v) is 2.55. The SMILES string of the molecule is Cc1cc2nnc3c(F)c(C=O)ccc3n2n1. The van der Waals surface area contributed by atoms with Gasteiger partial charge >= 0.3 is 0 Å². The predicted octanol–water partition coefficient (Wildman–Crippen LogP) is 1.54. The van der Waals surface area contributed by atoms with E-state index >= 15 is 0 Å². The van der Waals surface area contributed by atoms with Crippen molar-refractivity contribution in [2.45, 2.75) is 6.92 Å². The van der Waals surface area contributed by atoms with Crippen LogP contribution in [0.2, 0.25) is 0 Å². The molecule has 2 heterocycles. The molecule has 0 aliphatic carbocycles. The Bertz CT molecular complexity index is 750. The zero-order chi connectivity index (χ0) is 12.0. The van der Waals surface area contributed by atoms with E-state index in [9.17, 15) is 9.18 Å². The first-order chi connectivity index (χ1) is 8.20. The number of carbonyl (C=O) groups excluding carboxylic acids is 1. The van der Waals surface area contributed by atoms with Gasteiger partial charge in [0.2, 0.25) is 0 Å². The highest BCUT2D eigenvalue weighted by Gasteiger charge is 2.12. The number of hydrogen-bond acceptors (Lipinski definition) is 4. The second-order valence-corrected chi connectivity index (χ2v) is 3.71. The van der Waals surface area contributed by atoms with E-state index in [2.05, 4.69) is 15.3 Å². The lowest BCUT2D eigenvalue weighted by molar-refractivity contribution is 0.112. The molecule has 2 aromatic heterocycles. The first-order valence-electron chi connectivity index (χ1n) is 4.97. The Morgan fingerprint density at radius 2 is 2.18 bits per heavy atom. The van der Waals surface area contributed by atoms with E-state index in [1.54, 1.807) is 12.1 Å². The molecule has 5 nitrogen and oxygen atoms in total. The van der Waals surface area contributed by atoms with Crippen LogP contribution in [0.1, 0.15) is 16.1 Å². The van der Waals surface area contributed by atoms with Crippen LogP contribution in [-0.4, -0.2) is 26.1 Å². The lowest BCUT2D eigenvalue weighted by Crippen LogP contribution is -2.00. The molecule has 0 spiro atoms. The maximum atomic E-state index is 13.8. The van der Waals surface area contributed by atoms with Gasteiger partial charge in [0.1, 0.15) is 5.52 Å². The van der Waals surface area contributed by atoms with Crippen molar-refractivity contribution in [2.75, 3.05) is 0 Å². The van der Waals surface area contributed by atoms with Crippen LogP contribution in [0.15, 0.2) is 18.2 Å². The first kappa shape index (κ1) is 9.83. The fraction of sp³-hybridized carbons (Fsp3) is 0.0909.